The first-order chi connectivity index (χ1) is 6.63. The van der Waals surface area contributed by atoms with Crippen LogP contribution in [0.1, 0.15) is 11.1 Å². The largest absolute Gasteiger partial charge is 0.481 e. The van der Waals surface area contributed by atoms with Crippen molar-refractivity contribution in [3.8, 4) is 0 Å². The second-order valence-electron chi connectivity index (χ2n) is 2.87. The molecule has 0 aliphatic rings. The highest BCUT2D eigenvalue weighted by molar-refractivity contribution is 5.70. The molecule has 0 saturated carbocycles. The van der Waals surface area contributed by atoms with Crippen molar-refractivity contribution in [3.63, 3.8) is 0 Å². The molecule has 74 valence electrons. The van der Waals surface area contributed by atoms with Gasteiger partial charge in [0.2, 0.25) is 0 Å². The minimum atomic E-state index is -1.09. The van der Waals surface area contributed by atoms with Crippen LogP contribution in [0.3, 0.4) is 0 Å². The molecule has 0 radical (unpaired) electrons. The third kappa shape index (κ3) is 2.65. The van der Waals surface area contributed by atoms with Gasteiger partial charge in [-0.3, -0.25) is 4.79 Å². The second kappa shape index (κ2) is 4.50. The zero-order valence-electron chi connectivity index (χ0n) is 7.37. The number of hydrogen-bond acceptors (Lipinski definition) is 2. The lowest BCUT2D eigenvalue weighted by Gasteiger charge is -2.02. The van der Waals surface area contributed by atoms with Crippen LogP contribution in [0, 0.1) is 5.82 Å². The fraction of sp³-hybridized carbons (Fsp3) is 0.200. The van der Waals surface area contributed by atoms with Gasteiger partial charge in [-0.05, 0) is 17.2 Å². The van der Waals surface area contributed by atoms with Gasteiger partial charge in [-0.15, -0.1) is 0 Å². The molecule has 0 fully saturated rings. The van der Waals surface area contributed by atoms with Crippen molar-refractivity contribution in [3.05, 3.63) is 35.1 Å². The monoisotopic (exact) mass is 196 g/mol. The molecular weight excluding hydrogens is 187 g/mol. The van der Waals surface area contributed by atoms with Gasteiger partial charge in [0.15, 0.2) is 0 Å². The Labute approximate surface area is 80.2 Å². The molecular formula is C10H9FO3. The molecule has 0 saturated heterocycles. The van der Waals surface area contributed by atoms with Gasteiger partial charge >= 0.3 is 5.97 Å². The van der Waals surface area contributed by atoms with Crippen LogP contribution < -0.4 is 0 Å². The van der Waals surface area contributed by atoms with Crippen molar-refractivity contribution >= 4 is 12.3 Å². The van der Waals surface area contributed by atoms with Gasteiger partial charge in [0.25, 0.3) is 0 Å². The van der Waals surface area contributed by atoms with Crippen molar-refractivity contribution < 1.29 is 19.1 Å². The first kappa shape index (κ1) is 10.4. The van der Waals surface area contributed by atoms with E-state index in [0.29, 0.717) is 11.8 Å². The fourth-order valence-corrected chi connectivity index (χ4v) is 1.15. The molecule has 1 aromatic rings. The number of benzene rings is 1. The average Bonchev–Trinajstić information content (AvgIpc) is 2.10. The first-order valence-electron chi connectivity index (χ1n) is 4.06. The lowest BCUT2D eigenvalue weighted by molar-refractivity contribution is -0.136. The zero-order chi connectivity index (χ0) is 10.6. The summed E-state index contributed by atoms with van der Waals surface area (Å²) < 4.78 is 13.0. The molecule has 0 spiro atoms. The van der Waals surface area contributed by atoms with Crippen LogP contribution in [0.5, 0.6) is 0 Å². The fourth-order valence-electron chi connectivity index (χ4n) is 1.15. The molecule has 0 atom stereocenters. The Kier molecular flexibility index (Phi) is 3.34. The summed E-state index contributed by atoms with van der Waals surface area (Å²) in [7, 11) is 0. The highest BCUT2D eigenvalue weighted by atomic mass is 19.1. The number of carboxylic acid groups (broad SMARTS) is 1. The molecule has 4 heteroatoms. The summed E-state index contributed by atoms with van der Waals surface area (Å²) in [6.07, 6.45) is 0.503. The second-order valence-corrected chi connectivity index (χ2v) is 2.87. The summed E-state index contributed by atoms with van der Waals surface area (Å²) in [5.41, 5.74) is 0.731. The van der Waals surface area contributed by atoms with Crippen LogP contribution in [0.2, 0.25) is 0 Å². The molecule has 0 unspecified atom stereocenters. The number of carbonyl (C=O) groups is 2. The molecule has 0 bridgehead atoms. The van der Waals surface area contributed by atoms with E-state index in [9.17, 15) is 14.0 Å². The van der Waals surface area contributed by atoms with E-state index in [1.165, 1.54) is 18.2 Å². The van der Waals surface area contributed by atoms with E-state index in [1.807, 2.05) is 0 Å². The Hall–Kier alpha value is -1.71. The normalized spacial score (nSPS) is 9.79. The number of aliphatic carboxylic acids is 1. The maximum absolute atomic E-state index is 13.0. The third-order valence-corrected chi connectivity index (χ3v) is 1.77. The maximum atomic E-state index is 13.0. The standard InChI is InChI=1S/C10H9FO3/c11-9-2-1-7(3-4-12)5-8(9)6-10(13)14/h1-2,4-5H,3,6H2,(H,13,14). The minimum absolute atomic E-state index is 0.108. The van der Waals surface area contributed by atoms with Crippen molar-refractivity contribution in [2.75, 3.05) is 0 Å². The van der Waals surface area contributed by atoms with Crippen LogP contribution in [-0.2, 0) is 22.4 Å². The van der Waals surface area contributed by atoms with E-state index < -0.39 is 11.8 Å². The van der Waals surface area contributed by atoms with E-state index in [2.05, 4.69) is 0 Å². The smallest absolute Gasteiger partial charge is 0.307 e. The summed E-state index contributed by atoms with van der Waals surface area (Å²) in [4.78, 5) is 20.5. The van der Waals surface area contributed by atoms with Crippen molar-refractivity contribution in [2.45, 2.75) is 12.8 Å². The molecule has 1 rings (SSSR count). The van der Waals surface area contributed by atoms with Gasteiger partial charge in [-0.25, -0.2) is 4.39 Å². The van der Waals surface area contributed by atoms with Gasteiger partial charge in [0.1, 0.15) is 12.1 Å². The van der Waals surface area contributed by atoms with Crippen LogP contribution in [0.25, 0.3) is 0 Å². The Bertz CT molecular complexity index is 360. The van der Waals surface area contributed by atoms with Crippen LogP contribution in [0.15, 0.2) is 18.2 Å². The molecule has 0 amide bonds. The molecule has 0 aliphatic carbocycles. The summed E-state index contributed by atoms with van der Waals surface area (Å²) >= 11 is 0. The number of hydrogen-bond donors (Lipinski definition) is 1. The van der Waals surface area contributed by atoms with Gasteiger partial charge in [-0.2, -0.15) is 0 Å². The molecule has 14 heavy (non-hydrogen) atoms. The van der Waals surface area contributed by atoms with E-state index >= 15 is 0 Å². The van der Waals surface area contributed by atoms with E-state index in [-0.39, 0.29) is 18.4 Å². The average molecular weight is 196 g/mol. The summed E-state index contributed by atoms with van der Waals surface area (Å²) in [5, 5.41) is 8.48. The number of carbonyl (C=O) groups excluding carboxylic acids is 1. The number of carboxylic acids is 1. The molecule has 1 aromatic carbocycles. The number of rotatable bonds is 4. The lowest BCUT2D eigenvalue weighted by Crippen LogP contribution is -2.03. The molecule has 0 heterocycles. The molecule has 1 N–H and O–H groups in total. The van der Waals surface area contributed by atoms with Crippen molar-refractivity contribution in [2.24, 2.45) is 0 Å². The first-order valence-corrected chi connectivity index (χ1v) is 4.06. The van der Waals surface area contributed by atoms with Crippen LogP contribution in [-0.4, -0.2) is 17.4 Å². The Morgan fingerprint density at radius 3 is 2.79 bits per heavy atom. The van der Waals surface area contributed by atoms with E-state index in [0.717, 1.165) is 0 Å². The molecule has 3 nitrogen and oxygen atoms in total. The Morgan fingerprint density at radius 1 is 1.50 bits per heavy atom. The number of aldehydes is 1. The Morgan fingerprint density at radius 2 is 2.21 bits per heavy atom. The van der Waals surface area contributed by atoms with E-state index in [1.54, 1.807) is 0 Å². The predicted molar refractivity (Wildman–Crippen MR) is 47.5 cm³/mol. The highest BCUT2D eigenvalue weighted by Gasteiger charge is 2.07. The van der Waals surface area contributed by atoms with Crippen LogP contribution >= 0.6 is 0 Å². The van der Waals surface area contributed by atoms with Gasteiger partial charge in [0.05, 0.1) is 6.42 Å². The van der Waals surface area contributed by atoms with E-state index in [4.69, 9.17) is 5.11 Å². The Balaban J connectivity index is 2.95. The van der Waals surface area contributed by atoms with Crippen LogP contribution in [0.4, 0.5) is 4.39 Å². The third-order valence-electron chi connectivity index (χ3n) is 1.77. The number of halogens is 1. The summed E-state index contributed by atoms with van der Waals surface area (Å²) in [6.45, 7) is 0. The van der Waals surface area contributed by atoms with Gasteiger partial charge in [0, 0.05) is 6.42 Å². The topological polar surface area (TPSA) is 54.4 Å². The minimum Gasteiger partial charge on any atom is -0.481 e. The van der Waals surface area contributed by atoms with Gasteiger partial charge < -0.3 is 9.90 Å². The lowest BCUT2D eigenvalue weighted by atomic mass is 10.1. The highest BCUT2D eigenvalue weighted by Crippen LogP contribution is 2.11. The zero-order valence-corrected chi connectivity index (χ0v) is 7.37. The maximum Gasteiger partial charge on any atom is 0.307 e. The van der Waals surface area contributed by atoms with Crippen molar-refractivity contribution in [1.29, 1.82) is 0 Å². The predicted octanol–water partition coefficient (Wildman–Crippen LogP) is 1.19. The summed E-state index contributed by atoms with van der Waals surface area (Å²) in [5.74, 6) is -1.64. The van der Waals surface area contributed by atoms with Gasteiger partial charge in [-0.1, -0.05) is 12.1 Å². The summed E-state index contributed by atoms with van der Waals surface area (Å²) in [6, 6.07) is 4.05. The SMILES string of the molecule is O=CCc1ccc(F)c(CC(=O)O)c1. The molecule has 0 aliphatic heterocycles. The quantitative estimate of drug-likeness (QED) is 0.736. The van der Waals surface area contributed by atoms with Crippen molar-refractivity contribution in [1.82, 2.24) is 0 Å². The molecule has 0 aromatic heterocycles.